The first-order valence-corrected chi connectivity index (χ1v) is 6.79. The van der Waals surface area contributed by atoms with Gasteiger partial charge in [0, 0.05) is 24.5 Å². The fourth-order valence-corrected chi connectivity index (χ4v) is 2.65. The van der Waals surface area contributed by atoms with Gasteiger partial charge in [-0.15, -0.1) is 0 Å². The van der Waals surface area contributed by atoms with Crippen molar-refractivity contribution < 1.29 is 4.42 Å². The number of rotatable bonds is 3. The van der Waals surface area contributed by atoms with Crippen molar-refractivity contribution in [1.82, 2.24) is 9.78 Å². The third-order valence-electron chi connectivity index (χ3n) is 3.85. The molecule has 4 heteroatoms. The van der Waals surface area contributed by atoms with Crippen LogP contribution in [-0.2, 0) is 13.6 Å². The van der Waals surface area contributed by atoms with Gasteiger partial charge in [-0.3, -0.25) is 4.68 Å². The summed E-state index contributed by atoms with van der Waals surface area (Å²) in [6.45, 7) is 6.86. The van der Waals surface area contributed by atoms with Crippen LogP contribution in [-0.4, -0.2) is 9.78 Å². The first-order chi connectivity index (χ1) is 9.58. The zero-order chi connectivity index (χ0) is 14.3. The Hall–Kier alpha value is -2.23. The van der Waals surface area contributed by atoms with Gasteiger partial charge in [-0.1, -0.05) is 18.2 Å². The summed E-state index contributed by atoms with van der Waals surface area (Å²) in [7, 11) is 1.96. The maximum atomic E-state index is 5.79. The highest BCUT2D eigenvalue weighted by Crippen LogP contribution is 2.27. The summed E-state index contributed by atoms with van der Waals surface area (Å²) in [5.74, 6) is 0.970. The predicted octanol–water partition coefficient (Wildman–Crippen LogP) is 3.70. The van der Waals surface area contributed by atoms with E-state index in [9.17, 15) is 0 Å². The van der Waals surface area contributed by atoms with Gasteiger partial charge in [-0.25, -0.2) is 0 Å². The number of anilines is 1. The van der Waals surface area contributed by atoms with Crippen LogP contribution >= 0.6 is 0 Å². The molecule has 0 fully saturated rings. The third kappa shape index (κ3) is 1.97. The molecule has 3 rings (SSSR count). The van der Waals surface area contributed by atoms with Crippen LogP contribution in [0.3, 0.4) is 0 Å². The lowest BCUT2D eigenvalue weighted by Crippen LogP contribution is -2.02. The Morgan fingerprint density at radius 2 is 1.95 bits per heavy atom. The highest BCUT2D eigenvalue weighted by atomic mass is 16.3. The van der Waals surface area contributed by atoms with Crippen LogP contribution in [0.25, 0.3) is 11.0 Å². The number of nitrogens with one attached hydrogen (secondary N) is 1. The van der Waals surface area contributed by atoms with Gasteiger partial charge in [0.15, 0.2) is 0 Å². The second kappa shape index (κ2) is 4.71. The van der Waals surface area contributed by atoms with E-state index in [2.05, 4.69) is 23.4 Å². The fourth-order valence-electron chi connectivity index (χ4n) is 2.65. The van der Waals surface area contributed by atoms with Crippen LogP contribution in [0.4, 0.5) is 5.69 Å². The van der Waals surface area contributed by atoms with Crippen molar-refractivity contribution in [3.8, 4) is 0 Å². The Morgan fingerprint density at radius 1 is 1.20 bits per heavy atom. The number of hydrogen-bond acceptors (Lipinski definition) is 3. The Bertz CT molecular complexity index is 767. The second-order valence-corrected chi connectivity index (χ2v) is 5.16. The molecule has 3 aromatic rings. The van der Waals surface area contributed by atoms with Crippen LogP contribution < -0.4 is 5.32 Å². The van der Waals surface area contributed by atoms with Gasteiger partial charge in [0.25, 0.3) is 0 Å². The van der Waals surface area contributed by atoms with Crippen LogP contribution in [0.5, 0.6) is 0 Å². The monoisotopic (exact) mass is 269 g/mol. The van der Waals surface area contributed by atoms with Crippen molar-refractivity contribution in [1.29, 1.82) is 0 Å². The SMILES string of the molecule is Cc1nn(C)c(C)c1NCc1c(C)oc2ccccc12. The molecule has 0 bridgehead atoms. The maximum absolute atomic E-state index is 5.79. The normalized spacial score (nSPS) is 11.2. The van der Waals surface area contributed by atoms with Crippen molar-refractivity contribution >= 4 is 16.7 Å². The molecule has 0 radical (unpaired) electrons. The van der Waals surface area contributed by atoms with E-state index in [0.29, 0.717) is 0 Å². The lowest BCUT2D eigenvalue weighted by atomic mass is 10.1. The maximum Gasteiger partial charge on any atom is 0.134 e. The van der Waals surface area contributed by atoms with Gasteiger partial charge in [-0.05, 0) is 26.8 Å². The minimum Gasteiger partial charge on any atom is -0.461 e. The number of furan rings is 1. The van der Waals surface area contributed by atoms with E-state index in [-0.39, 0.29) is 0 Å². The van der Waals surface area contributed by atoms with Crippen molar-refractivity contribution in [3.05, 3.63) is 47.0 Å². The van der Waals surface area contributed by atoms with E-state index < -0.39 is 0 Å². The number of para-hydroxylation sites is 1. The standard InChI is InChI=1S/C16H19N3O/c1-10-16(11(2)19(4)18-10)17-9-14-12(3)20-15-8-6-5-7-13(14)15/h5-8,17H,9H2,1-4H3. The smallest absolute Gasteiger partial charge is 0.134 e. The summed E-state index contributed by atoms with van der Waals surface area (Å²) in [4.78, 5) is 0. The second-order valence-electron chi connectivity index (χ2n) is 5.16. The summed E-state index contributed by atoms with van der Waals surface area (Å²) < 4.78 is 7.69. The van der Waals surface area contributed by atoms with E-state index in [4.69, 9.17) is 4.42 Å². The van der Waals surface area contributed by atoms with Crippen molar-refractivity contribution in [2.45, 2.75) is 27.3 Å². The molecule has 0 aliphatic rings. The molecular weight excluding hydrogens is 250 g/mol. The summed E-state index contributed by atoms with van der Waals surface area (Å²) >= 11 is 0. The molecule has 1 N–H and O–H groups in total. The first-order valence-electron chi connectivity index (χ1n) is 6.79. The number of nitrogens with zero attached hydrogens (tertiary/aromatic N) is 2. The molecule has 0 amide bonds. The summed E-state index contributed by atoms with van der Waals surface area (Å²) in [5.41, 5.74) is 5.44. The molecule has 0 saturated heterocycles. The number of hydrogen-bond donors (Lipinski definition) is 1. The molecule has 104 valence electrons. The Morgan fingerprint density at radius 3 is 2.65 bits per heavy atom. The third-order valence-corrected chi connectivity index (χ3v) is 3.85. The molecule has 1 aromatic carbocycles. The lowest BCUT2D eigenvalue weighted by Gasteiger charge is -2.06. The zero-order valence-electron chi connectivity index (χ0n) is 12.3. The highest BCUT2D eigenvalue weighted by Gasteiger charge is 2.13. The molecule has 2 heterocycles. The van der Waals surface area contributed by atoms with Gasteiger partial charge < -0.3 is 9.73 Å². The molecular formula is C16H19N3O. The Labute approximate surface area is 118 Å². The van der Waals surface area contributed by atoms with E-state index in [1.54, 1.807) is 0 Å². The molecule has 0 aliphatic heterocycles. The van der Waals surface area contributed by atoms with Gasteiger partial charge >= 0.3 is 0 Å². The number of fused-ring (bicyclic) bond motifs is 1. The molecule has 0 spiro atoms. The fraction of sp³-hybridized carbons (Fsp3) is 0.312. The van der Waals surface area contributed by atoms with Gasteiger partial charge in [0.05, 0.1) is 17.1 Å². The Kier molecular flexibility index (Phi) is 3.01. The average Bonchev–Trinajstić information content (AvgIpc) is 2.86. The summed E-state index contributed by atoms with van der Waals surface area (Å²) in [5, 5.41) is 9.10. The number of benzene rings is 1. The molecule has 20 heavy (non-hydrogen) atoms. The van der Waals surface area contributed by atoms with E-state index in [0.717, 1.165) is 35.0 Å². The van der Waals surface area contributed by atoms with Crippen LogP contribution in [0, 0.1) is 20.8 Å². The molecule has 0 saturated carbocycles. The minimum atomic E-state index is 0.746. The van der Waals surface area contributed by atoms with E-state index in [1.165, 1.54) is 10.9 Å². The number of aromatic nitrogens is 2. The molecule has 4 nitrogen and oxygen atoms in total. The number of aryl methyl sites for hydroxylation is 3. The topological polar surface area (TPSA) is 43.0 Å². The lowest BCUT2D eigenvalue weighted by molar-refractivity contribution is 0.573. The first kappa shape index (κ1) is 12.8. The highest BCUT2D eigenvalue weighted by molar-refractivity contribution is 5.82. The molecule has 0 aliphatic carbocycles. The molecule has 2 aromatic heterocycles. The van der Waals surface area contributed by atoms with Crippen LogP contribution in [0.2, 0.25) is 0 Å². The Balaban J connectivity index is 1.92. The van der Waals surface area contributed by atoms with Crippen LogP contribution in [0.1, 0.15) is 22.7 Å². The van der Waals surface area contributed by atoms with Crippen molar-refractivity contribution in [2.24, 2.45) is 7.05 Å². The summed E-state index contributed by atoms with van der Waals surface area (Å²) in [6.07, 6.45) is 0. The average molecular weight is 269 g/mol. The predicted molar refractivity (Wildman–Crippen MR) is 81.0 cm³/mol. The van der Waals surface area contributed by atoms with E-state index in [1.807, 2.05) is 43.8 Å². The van der Waals surface area contributed by atoms with E-state index >= 15 is 0 Å². The molecule has 0 atom stereocenters. The van der Waals surface area contributed by atoms with Gasteiger partial charge in [0.2, 0.25) is 0 Å². The largest absolute Gasteiger partial charge is 0.461 e. The zero-order valence-corrected chi connectivity index (χ0v) is 12.3. The minimum absolute atomic E-state index is 0.746. The van der Waals surface area contributed by atoms with Crippen molar-refractivity contribution in [2.75, 3.05) is 5.32 Å². The molecule has 0 unspecified atom stereocenters. The van der Waals surface area contributed by atoms with Gasteiger partial charge in [-0.2, -0.15) is 5.10 Å². The quantitative estimate of drug-likeness (QED) is 0.788. The summed E-state index contributed by atoms with van der Waals surface area (Å²) in [6, 6.07) is 8.15. The van der Waals surface area contributed by atoms with Gasteiger partial charge in [0.1, 0.15) is 11.3 Å². The van der Waals surface area contributed by atoms with Crippen molar-refractivity contribution in [3.63, 3.8) is 0 Å². The van der Waals surface area contributed by atoms with Crippen LogP contribution in [0.15, 0.2) is 28.7 Å².